The molecule has 1 rings (SSSR count). The lowest BCUT2D eigenvalue weighted by molar-refractivity contribution is -0.0296. The van der Waals surface area contributed by atoms with Crippen LogP contribution in [0.5, 0.6) is 0 Å². The highest BCUT2D eigenvalue weighted by atomic mass is 16.6. The zero-order valence-corrected chi connectivity index (χ0v) is 8.48. The van der Waals surface area contributed by atoms with Crippen LogP contribution in [0.25, 0.3) is 0 Å². The van der Waals surface area contributed by atoms with Crippen molar-refractivity contribution in [3.8, 4) is 0 Å². The molecular formula is C7H13N3O6. The molecule has 1 aliphatic rings. The van der Waals surface area contributed by atoms with E-state index in [9.17, 15) is 19.9 Å². The van der Waals surface area contributed by atoms with E-state index in [2.05, 4.69) is 10.6 Å². The molecule has 0 unspecified atom stereocenters. The molecule has 1 saturated heterocycles. The molecule has 0 aromatic rings. The number of ether oxygens (including phenoxy) is 1. The monoisotopic (exact) mass is 235 g/mol. The van der Waals surface area contributed by atoms with E-state index in [1.165, 1.54) is 0 Å². The highest BCUT2D eigenvalue weighted by Crippen LogP contribution is 2.19. The number of carbonyl (C=O) groups excluding carboxylic acids is 1. The number of rotatable bonds is 3. The zero-order valence-electron chi connectivity index (χ0n) is 8.48. The normalized spacial score (nSPS) is 33.5. The van der Waals surface area contributed by atoms with Crippen LogP contribution in [0, 0.1) is 4.91 Å². The maximum absolute atomic E-state index is 11.2. The number of carbonyl (C=O) groups is 1. The Kier molecular flexibility index (Phi) is 4.12. The molecular weight excluding hydrogens is 222 g/mol. The predicted octanol–water partition coefficient (Wildman–Crippen LogP) is -2.25. The molecule has 9 heteroatoms. The van der Waals surface area contributed by atoms with Crippen molar-refractivity contribution in [2.24, 2.45) is 5.29 Å². The Morgan fingerprint density at radius 1 is 1.50 bits per heavy atom. The Balaban J connectivity index is 2.56. The van der Waals surface area contributed by atoms with Gasteiger partial charge in [0.05, 0.1) is 11.9 Å². The van der Waals surface area contributed by atoms with Crippen molar-refractivity contribution in [2.75, 3.05) is 13.7 Å². The van der Waals surface area contributed by atoms with Crippen LogP contribution < -0.4 is 5.32 Å². The molecule has 0 spiro atoms. The third kappa shape index (κ3) is 2.44. The van der Waals surface area contributed by atoms with Crippen LogP contribution >= 0.6 is 0 Å². The van der Waals surface area contributed by atoms with Crippen LogP contribution in [0.2, 0.25) is 0 Å². The molecule has 0 radical (unpaired) electrons. The van der Waals surface area contributed by atoms with Crippen molar-refractivity contribution < 1.29 is 24.9 Å². The first-order valence-corrected chi connectivity index (χ1v) is 4.51. The molecule has 0 bridgehead atoms. The number of nitrogens with zero attached hydrogens (tertiary/aromatic N) is 2. The molecule has 1 fully saturated rings. The third-order valence-electron chi connectivity index (χ3n) is 2.22. The largest absolute Gasteiger partial charge is 0.394 e. The quantitative estimate of drug-likeness (QED) is 0.322. The Hall–Kier alpha value is -1.29. The van der Waals surface area contributed by atoms with E-state index in [1.54, 1.807) is 0 Å². The second kappa shape index (κ2) is 5.16. The summed E-state index contributed by atoms with van der Waals surface area (Å²) in [4.78, 5) is 21.2. The molecule has 16 heavy (non-hydrogen) atoms. The van der Waals surface area contributed by atoms with Gasteiger partial charge in [0.2, 0.25) is 0 Å². The maximum atomic E-state index is 11.2. The fourth-order valence-electron chi connectivity index (χ4n) is 1.27. The third-order valence-corrected chi connectivity index (χ3v) is 2.22. The van der Waals surface area contributed by atoms with Gasteiger partial charge in [0, 0.05) is 7.05 Å². The summed E-state index contributed by atoms with van der Waals surface area (Å²) in [6.45, 7) is -0.494. The molecule has 0 aliphatic carbocycles. The van der Waals surface area contributed by atoms with Gasteiger partial charge in [-0.15, -0.1) is 4.91 Å². The van der Waals surface area contributed by atoms with Gasteiger partial charge in [0.25, 0.3) is 0 Å². The number of nitrogens with one attached hydrogen (secondary N) is 1. The highest BCUT2D eigenvalue weighted by Gasteiger charge is 2.43. The molecule has 0 saturated carbocycles. The minimum atomic E-state index is -1.37. The van der Waals surface area contributed by atoms with E-state index >= 15 is 0 Å². The van der Waals surface area contributed by atoms with Crippen LogP contribution in [0.1, 0.15) is 0 Å². The second-order valence-electron chi connectivity index (χ2n) is 3.31. The standard InChI is InChI=1S/C7H13N3O6/c1-10(9-15)7(14)8-6-5(13)4(12)3(2-11)16-6/h3-6,11-13H,2H2,1H3,(H,8,14)/t3-,4-,5+,6+/m0/s1. The summed E-state index contributed by atoms with van der Waals surface area (Å²) in [7, 11) is 1.11. The van der Waals surface area contributed by atoms with Crippen LogP contribution in [-0.2, 0) is 4.74 Å². The maximum Gasteiger partial charge on any atom is 0.342 e. The van der Waals surface area contributed by atoms with E-state index in [-0.39, 0.29) is 0 Å². The summed E-state index contributed by atoms with van der Waals surface area (Å²) in [5, 5.41) is 32.5. The smallest absolute Gasteiger partial charge is 0.342 e. The average Bonchev–Trinajstić information content (AvgIpc) is 2.55. The SMILES string of the molecule is CN(N=O)C(=O)N[C@@H]1O[C@@H](CO)[C@H](O)[C@H]1O. The number of amides is 2. The van der Waals surface area contributed by atoms with Crippen LogP contribution in [0.3, 0.4) is 0 Å². The predicted molar refractivity (Wildman–Crippen MR) is 49.9 cm³/mol. The number of hydrogen-bond acceptors (Lipinski definition) is 7. The fourth-order valence-corrected chi connectivity index (χ4v) is 1.27. The Morgan fingerprint density at radius 3 is 2.56 bits per heavy atom. The lowest BCUT2D eigenvalue weighted by Crippen LogP contribution is -2.47. The summed E-state index contributed by atoms with van der Waals surface area (Å²) >= 11 is 0. The first-order valence-electron chi connectivity index (χ1n) is 4.51. The van der Waals surface area contributed by atoms with Gasteiger partial charge in [0.15, 0.2) is 6.23 Å². The molecule has 0 aromatic heterocycles. The van der Waals surface area contributed by atoms with Crippen LogP contribution in [0.15, 0.2) is 5.29 Å². The van der Waals surface area contributed by atoms with Crippen molar-refractivity contribution in [3.63, 3.8) is 0 Å². The molecule has 1 aliphatic heterocycles. The molecule has 0 aromatic carbocycles. The Bertz CT molecular complexity index is 275. The van der Waals surface area contributed by atoms with Gasteiger partial charge in [-0.3, -0.25) is 0 Å². The lowest BCUT2D eigenvalue weighted by atomic mass is 10.1. The summed E-state index contributed by atoms with van der Waals surface area (Å²) in [5.74, 6) is 0. The Morgan fingerprint density at radius 2 is 2.12 bits per heavy atom. The molecule has 92 valence electrons. The number of hydrogen-bond donors (Lipinski definition) is 4. The van der Waals surface area contributed by atoms with Crippen molar-refractivity contribution >= 4 is 6.03 Å². The topological polar surface area (TPSA) is 132 Å². The molecule has 4 N–H and O–H groups in total. The van der Waals surface area contributed by atoms with Crippen molar-refractivity contribution in [2.45, 2.75) is 24.5 Å². The average molecular weight is 235 g/mol. The first-order chi connectivity index (χ1) is 7.51. The van der Waals surface area contributed by atoms with E-state index < -0.39 is 37.2 Å². The van der Waals surface area contributed by atoms with Gasteiger partial charge in [-0.05, 0) is 0 Å². The summed E-state index contributed by atoms with van der Waals surface area (Å²) in [6.07, 6.45) is -4.84. The lowest BCUT2D eigenvalue weighted by Gasteiger charge is -2.17. The summed E-state index contributed by atoms with van der Waals surface area (Å²) in [5.41, 5.74) is 0. The van der Waals surface area contributed by atoms with Gasteiger partial charge in [-0.1, -0.05) is 0 Å². The zero-order chi connectivity index (χ0) is 12.3. The number of nitroso groups, excluding NO2 is 1. The van der Waals surface area contributed by atoms with Crippen molar-refractivity contribution in [1.82, 2.24) is 10.3 Å². The van der Waals surface area contributed by atoms with Gasteiger partial charge in [-0.25, -0.2) is 4.79 Å². The molecule has 9 nitrogen and oxygen atoms in total. The molecule has 4 atom stereocenters. The van der Waals surface area contributed by atoms with Crippen molar-refractivity contribution in [1.29, 1.82) is 0 Å². The van der Waals surface area contributed by atoms with E-state index in [4.69, 9.17) is 9.84 Å². The molecule has 1 heterocycles. The number of aliphatic hydroxyl groups excluding tert-OH is 3. The van der Waals surface area contributed by atoms with Gasteiger partial charge >= 0.3 is 6.03 Å². The van der Waals surface area contributed by atoms with Crippen molar-refractivity contribution in [3.05, 3.63) is 4.91 Å². The summed E-state index contributed by atoms with van der Waals surface area (Å²) < 4.78 is 4.95. The minimum Gasteiger partial charge on any atom is -0.394 e. The van der Waals surface area contributed by atoms with Crippen LogP contribution in [-0.4, -0.2) is 64.6 Å². The van der Waals surface area contributed by atoms with Gasteiger partial charge in [-0.2, -0.15) is 5.01 Å². The van der Waals surface area contributed by atoms with E-state index in [0.717, 1.165) is 7.05 Å². The number of aliphatic hydroxyl groups is 3. The van der Waals surface area contributed by atoms with Gasteiger partial charge in [0.1, 0.15) is 18.3 Å². The molecule has 2 amide bonds. The van der Waals surface area contributed by atoms with E-state index in [1.807, 2.05) is 0 Å². The Labute approximate surface area is 90.6 Å². The van der Waals surface area contributed by atoms with Gasteiger partial charge < -0.3 is 25.4 Å². The van der Waals surface area contributed by atoms with E-state index in [0.29, 0.717) is 5.01 Å². The first kappa shape index (κ1) is 12.8. The fraction of sp³-hybridized carbons (Fsp3) is 0.857. The highest BCUT2D eigenvalue weighted by molar-refractivity contribution is 5.73. The minimum absolute atomic E-state index is 0.467. The summed E-state index contributed by atoms with van der Waals surface area (Å²) in [6, 6.07) is -0.884. The number of urea groups is 1. The second-order valence-corrected chi connectivity index (χ2v) is 3.31. The van der Waals surface area contributed by atoms with Crippen LogP contribution in [0.4, 0.5) is 4.79 Å².